The van der Waals surface area contributed by atoms with Crippen molar-refractivity contribution in [2.75, 3.05) is 6.54 Å². The quantitative estimate of drug-likeness (QED) is 0.933. The van der Waals surface area contributed by atoms with E-state index >= 15 is 0 Å². The number of pyridine rings is 1. The van der Waals surface area contributed by atoms with Crippen LogP contribution in [0.2, 0.25) is 0 Å². The summed E-state index contributed by atoms with van der Waals surface area (Å²) in [4.78, 5) is 4.35. The summed E-state index contributed by atoms with van der Waals surface area (Å²) in [6.07, 6.45) is 4.00. The summed E-state index contributed by atoms with van der Waals surface area (Å²) < 4.78 is 3.07. The number of hydrogen-bond acceptors (Lipinski definition) is 2. The third kappa shape index (κ3) is 2.51. The molecule has 2 heterocycles. The Kier molecular flexibility index (Phi) is 3.41. The summed E-state index contributed by atoms with van der Waals surface area (Å²) >= 11 is 3.32. The van der Waals surface area contributed by atoms with Crippen LogP contribution in [0.15, 0.2) is 35.6 Å². The minimum atomic E-state index is 0.763. The van der Waals surface area contributed by atoms with Gasteiger partial charge in [-0.3, -0.25) is 0 Å². The first-order valence-corrected chi connectivity index (χ1v) is 5.92. The third-order valence-corrected chi connectivity index (χ3v) is 2.63. The van der Waals surface area contributed by atoms with Gasteiger partial charge in [0.25, 0.3) is 0 Å². The lowest BCUT2D eigenvalue weighted by Gasteiger charge is -2.04. The number of halogens is 1. The van der Waals surface area contributed by atoms with Crippen LogP contribution in [0, 0.1) is 6.92 Å². The normalized spacial score (nSPS) is 10.9. The Morgan fingerprint density at radius 1 is 1.56 bits per heavy atom. The molecule has 4 heteroatoms. The maximum atomic E-state index is 4.35. The first-order valence-electron chi connectivity index (χ1n) is 5.13. The van der Waals surface area contributed by atoms with Gasteiger partial charge in [0, 0.05) is 23.8 Å². The number of aromatic nitrogens is 2. The molecule has 0 aromatic carbocycles. The predicted octanol–water partition coefficient (Wildman–Crippen LogP) is 2.64. The maximum absolute atomic E-state index is 4.35. The number of nitrogens with one attached hydrogen (secondary N) is 1. The molecule has 0 aliphatic rings. The Hall–Kier alpha value is -1.13. The van der Waals surface area contributed by atoms with Gasteiger partial charge in [0.2, 0.25) is 0 Å². The molecule has 1 N–H and O–H groups in total. The van der Waals surface area contributed by atoms with E-state index in [0.29, 0.717) is 0 Å². The SMILES string of the molecule is C=C(Br)CNCc1cnc2ccc(C)cn12. The molecule has 0 unspecified atom stereocenters. The van der Waals surface area contributed by atoms with E-state index in [-0.39, 0.29) is 0 Å². The minimum absolute atomic E-state index is 0.763. The molecule has 0 aliphatic carbocycles. The fourth-order valence-corrected chi connectivity index (χ4v) is 1.79. The fraction of sp³-hybridized carbons (Fsp3) is 0.250. The van der Waals surface area contributed by atoms with Gasteiger partial charge < -0.3 is 9.72 Å². The molecule has 3 nitrogen and oxygen atoms in total. The second kappa shape index (κ2) is 4.80. The van der Waals surface area contributed by atoms with Crippen molar-refractivity contribution < 1.29 is 0 Å². The van der Waals surface area contributed by atoms with Crippen LogP contribution < -0.4 is 5.32 Å². The van der Waals surface area contributed by atoms with Crippen LogP contribution in [-0.4, -0.2) is 15.9 Å². The van der Waals surface area contributed by atoms with E-state index in [4.69, 9.17) is 0 Å². The van der Waals surface area contributed by atoms with Crippen molar-refractivity contribution in [3.8, 4) is 0 Å². The van der Waals surface area contributed by atoms with Gasteiger partial charge >= 0.3 is 0 Å². The highest BCUT2D eigenvalue weighted by Crippen LogP contribution is 2.08. The van der Waals surface area contributed by atoms with Gasteiger partial charge in [-0.05, 0) is 18.6 Å². The standard InChI is InChI=1S/C12H14BrN3/c1-9-3-4-12-15-7-11(16(12)8-9)6-14-5-10(2)13/h3-4,7-8,14H,2,5-6H2,1H3. The molecule has 16 heavy (non-hydrogen) atoms. The summed E-state index contributed by atoms with van der Waals surface area (Å²) in [5, 5.41) is 3.29. The Balaban J connectivity index is 2.17. The van der Waals surface area contributed by atoms with Gasteiger partial charge in [-0.1, -0.05) is 28.6 Å². The van der Waals surface area contributed by atoms with Crippen molar-refractivity contribution in [1.82, 2.24) is 14.7 Å². The average molecular weight is 280 g/mol. The smallest absolute Gasteiger partial charge is 0.136 e. The number of aryl methyl sites for hydroxylation is 1. The van der Waals surface area contributed by atoms with Crippen molar-refractivity contribution in [2.45, 2.75) is 13.5 Å². The van der Waals surface area contributed by atoms with Crippen LogP contribution in [0.5, 0.6) is 0 Å². The Bertz CT molecular complexity index is 516. The van der Waals surface area contributed by atoms with Gasteiger partial charge in [-0.15, -0.1) is 0 Å². The van der Waals surface area contributed by atoms with Crippen LogP contribution in [0.1, 0.15) is 11.3 Å². The zero-order valence-corrected chi connectivity index (χ0v) is 10.8. The number of fused-ring (bicyclic) bond motifs is 1. The second-order valence-corrected chi connectivity index (χ2v) is 4.93. The lowest BCUT2D eigenvalue weighted by atomic mass is 10.3. The lowest BCUT2D eigenvalue weighted by Crippen LogP contribution is -2.15. The monoisotopic (exact) mass is 279 g/mol. The number of imidazole rings is 1. The van der Waals surface area contributed by atoms with Gasteiger partial charge in [0.15, 0.2) is 0 Å². The third-order valence-electron chi connectivity index (χ3n) is 2.35. The van der Waals surface area contributed by atoms with Crippen molar-refractivity contribution in [3.05, 3.63) is 46.8 Å². The number of hydrogen-bond donors (Lipinski definition) is 1. The molecular weight excluding hydrogens is 266 g/mol. The lowest BCUT2D eigenvalue weighted by molar-refractivity contribution is 0.731. The average Bonchev–Trinajstić information content (AvgIpc) is 2.60. The van der Waals surface area contributed by atoms with Crippen molar-refractivity contribution in [3.63, 3.8) is 0 Å². The highest BCUT2D eigenvalue weighted by Gasteiger charge is 2.02. The van der Waals surface area contributed by atoms with Gasteiger partial charge in [-0.2, -0.15) is 0 Å². The predicted molar refractivity (Wildman–Crippen MR) is 69.7 cm³/mol. The highest BCUT2D eigenvalue weighted by molar-refractivity contribution is 9.11. The molecule has 0 aliphatic heterocycles. The topological polar surface area (TPSA) is 29.3 Å². The molecule has 2 aromatic heterocycles. The molecule has 2 rings (SSSR count). The van der Waals surface area contributed by atoms with Crippen molar-refractivity contribution in [2.24, 2.45) is 0 Å². The Labute approximate surface area is 103 Å². The minimum Gasteiger partial charge on any atom is -0.307 e. The van der Waals surface area contributed by atoms with Crippen LogP contribution in [0.25, 0.3) is 5.65 Å². The van der Waals surface area contributed by atoms with Crippen LogP contribution in [0.4, 0.5) is 0 Å². The molecule has 84 valence electrons. The Morgan fingerprint density at radius 3 is 3.12 bits per heavy atom. The molecule has 2 aromatic rings. The van der Waals surface area contributed by atoms with Crippen molar-refractivity contribution >= 4 is 21.6 Å². The van der Waals surface area contributed by atoms with Gasteiger partial charge in [-0.25, -0.2) is 4.98 Å². The summed E-state index contributed by atoms with van der Waals surface area (Å²) in [5.41, 5.74) is 3.38. The number of rotatable bonds is 4. The Morgan fingerprint density at radius 2 is 2.38 bits per heavy atom. The van der Waals surface area contributed by atoms with Crippen LogP contribution >= 0.6 is 15.9 Å². The molecule has 0 saturated carbocycles. The molecule has 0 bridgehead atoms. The first-order chi connectivity index (χ1) is 7.66. The highest BCUT2D eigenvalue weighted by atomic mass is 79.9. The summed E-state index contributed by atoms with van der Waals surface area (Å²) in [6, 6.07) is 4.10. The largest absolute Gasteiger partial charge is 0.307 e. The van der Waals surface area contributed by atoms with E-state index in [1.165, 1.54) is 5.56 Å². The maximum Gasteiger partial charge on any atom is 0.136 e. The van der Waals surface area contributed by atoms with Crippen molar-refractivity contribution in [1.29, 1.82) is 0 Å². The van der Waals surface area contributed by atoms with Crippen LogP contribution in [0.3, 0.4) is 0 Å². The van der Waals surface area contributed by atoms with Gasteiger partial charge in [0.05, 0.1) is 11.9 Å². The van der Waals surface area contributed by atoms with E-state index in [9.17, 15) is 0 Å². The molecular formula is C12H14BrN3. The molecule has 0 spiro atoms. The van der Waals surface area contributed by atoms with E-state index in [1.807, 2.05) is 12.3 Å². The summed E-state index contributed by atoms with van der Waals surface area (Å²) in [5.74, 6) is 0. The van der Waals surface area contributed by atoms with E-state index in [1.54, 1.807) is 0 Å². The number of nitrogens with zero attached hydrogens (tertiary/aromatic N) is 2. The summed E-state index contributed by atoms with van der Waals surface area (Å²) in [7, 11) is 0. The zero-order chi connectivity index (χ0) is 11.5. The zero-order valence-electron chi connectivity index (χ0n) is 9.20. The molecule has 0 saturated heterocycles. The van der Waals surface area contributed by atoms with E-state index in [0.717, 1.165) is 28.9 Å². The van der Waals surface area contributed by atoms with Crippen LogP contribution in [-0.2, 0) is 6.54 Å². The first kappa shape index (κ1) is 11.4. The van der Waals surface area contributed by atoms with E-state index < -0.39 is 0 Å². The molecule has 0 fully saturated rings. The van der Waals surface area contributed by atoms with E-state index in [2.05, 4.69) is 56.4 Å². The molecule has 0 radical (unpaired) electrons. The fourth-order valence-electron chi connectivity index (χ4n) is 1.59. The summed E-state index contributed by atoms with van der Waals surface area (Å²) in [6.45, 7) is 7.41. The van der Waals surface area contributed by atoms with Gasteiger partial charge in [0.1, 0.15) is 5.65 Å². The second-order valence-electron chi connectivity index (χ2n) is 3.81. The molecule has 0 amide bonds. The molecule has 0 atom stereocenters.